The second kappa shape index (κ2) is 5.90. The third kappa shape index (κ3) is 2.65. The minimum absolute atomic E-state index is 0.187. The van der Waals surface area contributed by atoms with Crippen molar-refractivity contribution < 1.29 is 14.6 Å². The van der Waals surface area contributed by atoms with Gasteiger partial charge in [0.2, 0.25) is 0 Å². The highest BCUT2D eigenvalue weighted by Gasteiger charge is 2.46. The van der Waals surface area contributed by atoms with E-state index >= 15 is 0 Å². The smallest absolute Gasteiger partial charge is 0.305 e. The lowest BCUT2D eigenvalue weighted by atomic mass is 9.73. The summed E-state index contributed by atoms with van der Waals surface area (Å²) in [5.74, 6) is -0.00559. The topological polar surface area (TPSA) is 91.3 Å². The minimum Gasteiger partial charge on any atom is -0.486 e. The summed E-state index contributed by atoms with van der Waals surface area (Å²) < 4.78 is 5.74. The van der Waals surface area contributed by atoms with Crippen molar-refractivity contribution in [2.24, 2.45) is 0 Å². The van der Waals surface area contributed by atoms with E-state index in [0.717, 1.165) is 49.3 Å². The Balaban J connectivity index is 1.45. The summed E-state index contributed by atoms with van der Waals surface area (Å²) in [5.41, 5.74) is 2.93. The molecule has 0 bridgehead atoms. The van der Waals surface area contributed by atoms with Crippen LogP contribution in [0.1, 0.15) is 42.6 Å². The number of fused-ring (bicyclic) bond motifs is 1. The van der Waals surface area contributed by atoms with Gasteiger partial charge in [-0.1, -0.05) is 0 Å². The number of nitrogens with one attached hydrogen (secondary N) is 1. The summed E-state index contributed by atoms with van der Waals surface area (Å²) in [5, 5.41) is 16.7. The summed E-state index contributed by atoms with van der Waals surface area (Å²) in [6, 6.07) is 3.70. The Labute approximate surface area is 139 Å². The highest BCUT2D eigenvalue weighted by Crippen LogP contribution is 2.44. The van der Waals surface area contributed by atoms with E-state index in [4.69, 9.17) is 4.74 Å². The van der Waals surface area contributed by atoms with E-state index in [1.165, 1.54) is 0 Å². The van der Waals surface area contributed by atoms with Gasteiger partial charge in [0.05, 0.1) is 18.3 Å². The second-order valence-electron chi connectivity index (χ2n) is 6.61. The molecule has 0 unspecified atom stereocenters. The molecule has 3 heterocycles. The van der Waals surface area contributed by atoms with Crippen molar-refractivity contribution in [1.82, 2.24) is 20.1 Å². The van der Waals surface area contributed by atoms with Crippen molar-refractivity contribution in [3.05, 3.63) is 41.5 Å². The van der Waals surface area contributed by atoms with Crippen LogP contribution in [-0.4, -0.2) is 36.7 Å². The molecule has 0 atom stereocenters. The van der Waals surface area contributed by atoms with Gasteiger partial charge < -0.3 is 9.84 Å². The molecule has 4 rings (SSSR count). The number of carboxylic acid groups (broad SMARTS) is 1. The van der Waals surface area contributed by atoms with Crippen molar-refractivity contribution in [3.63, 3.8) is 0 Å². The van der Waals surface area contributed by atoms with Gasteiger partial charge in [0.1, 0.15) is 18.1 Å². The molecule has 2 aliphatic rings. The van der Waals surface area contributed by atoms with E-state index in [9.17, 15) is 9.90 Å². The second-order valence-corrected chi connectivity index (χ2v) is 6.61. The molecular weight excluding hydrogens is 308 g/mol. The summed E-state index contributed by atoms with van der Waals surface area (Å²) in [7, 11) is 0. The van der Waals surface area contributed by atoms with Crippen molar-refractivity contribution in [2.75, 3.05) is 0 Å². The van der Waals surface area contributed by atoms with Crippen molar-refractivity contribution in [3.8, 4) is 5.75 Å². The molecular formula is C17H20N4O3. The number of aromatic amines is 1. The van der Waals surface area contributed by atoms with Crippen LogP contribution in [-0.2, 0) is 24.5 Å². The van der Waals surface area contributed by atoms with Gasteiger partial charge in [0, 0.05) is 30.4 Å². The molecule has 0 amide bonds. The number of pyridine rings is 1. The van der Waals surface area contributed by atoms with E-state index in [-0.39, 0.29) is 12.0 Å². The monoisotopic (exact) mass is 328 g/mol. The largest absolute Gasteiger partial charge is 0.486 e. The Kier molecular flexibility index (Phi) is 3.72. The maximum Gasteiger partial charge on any atom is 0.305 e. The van der Waals surface area contributed by atoms with Crippen LogP contribution in [0, 0.1) is 0 Å². The van der Waals surface area contributed by atoms with E-state index in [2.05, 4.69) is 20.1 Å². The van der Waals surface area contributed by atoms with Crippen molar-refractivity contribution in [2.45, 2.75) is 50.9 Å². The first-order valence-electron chi connectivity index (χ1n) is 8.21. The number of aromatic nitrogens is 3. The zero-order valence-corrected chi connectivity index (χ0v) is 13.4. The van der Waals surface area contributed by atoms with Crippen molar-refractivity contribution >= 4 is 5.97 Å². The fourth-order valence-corrected chi connectivity index (χ4v) is 3.71. The summed E-state index contributed by atoms with van der Waals surface area (Å²) in [6.45, 7) is 1.87. The number of H-pyrrole nitrogens is 1. The number of hydrogen-bond acceptors (Lipinski definition) is 5. The summed E-state index contributed by atoms with van der Waals surface area (Å²) in [4.78, 5) is 17.6. The van der Waals surface area contributed by atoms with E-state index < -0.39 is 5.97 Å². The van der Waals surface area contributed by atoms with E-state index in [1.54, 1.807) is 12.4 Å². The Morgan fingerprint density at radius 2 is 2.29 bits per heavy atom. The van der Waals surface area contributed by atoms with Crippen LogP contribution in [0.15, 0.2) is 24.5 Å². The molecule has 1 saturated carbocycles. The summed E-state index contributed by atoms with van der Waals surface area (Å²) >= 11 is 0. The van der Waals surface area contributed by atoms with Crippen LogP contribution >= 0.6 is 0 Å². The van der Waals surface area contributed by atoms with Gasteiger partial charge in [-0.3, -0.25) is 19.8 Å². The lowest BCUT2D eigenvalue weighted by molar-refractivity contribution is -0.143. The maximum atomic E-state index is 11.2. The standard InChI is InChI=1S/C17H20N4O3/c22-16(23)7-17(4-2-5-17)21-9-13-14(10-21)19-20-15(13)11-24-12-3-1-6-18-8-12/h1,3,6,8H,2,4-5,7,9-11H2,(H,19,20)(H,22,23). The average molecular weight is 328 g/mol. The van der Waals surface area contributed by atoms with E-state index in [0.29, 0.717) is 12.4 Å². The summed E-state index contributed by atoms with van der Waals surface area (Å²) in [6.07, 6.45) is 6.61. The number of carbonyl (C=O) groups is 1. The number of ether oxygens (including phenoxy) is 1. The van der Waals surface area contributed by atoms with Gasteiger partial charge in [0.15, 0.2) is 0 Å². The molecule has 1 fully saturated rings. The Hall–Kier alpha value is -2.41. The average Bonchev–Trinajstić information content (AvgIpc) is 3.11. The molecule has 2 aromatic rings. The highest BCUT2D eigenvalue weighted by atomic mass is 16.5. The first-order chi connectivity index (χ1) is 11.7. The number of aliphatic carboxylic acids is 1. The molecule has 7 heteroatoms. The first kappa shape index (κ1) is 15.1. The molecule has 2 N–H and O–H groups in total. The number of carboxylic acids is 1. The SMILES string of the molecule is O=C(O)CC1(N2Cc3[nH]nc(COc4cccnc4)c3C2)CCC1. The van der Waals surface area contributed by atoms with Gasteiger partial charge in [-0.05, 0) is 31.4 Å². The van der Waals surface area contributed by atoms with E-state index in [1.807, 2.05) is 12.1 Å². The zero-order valence-electron chi connectivity index (χ0n) is 13.4. The number of hydrogen-bond donors (Lipinski definition) is 2. The Morgan fingerprint density at radius 3 is 2.96 bits per heavy atom. The minimum atomic E-state index is -0.719. The number of rotatable bonds is 6. The highest BCUT2D eigenvalue weighted by molar-refractivity contribution is 5.68. The van der Waals surface area contributed by atoms with Gasteiger partial charge in [-0.25, -0.2) is 0 Å². The Morgan fingerprint density at radius 1 is 1.42 bits per heavy atom. The molecule has 0 saturated heterocycles. The normalized spacial score (nSPS) is 18.8. The molecule has 2 aromatic heterocycles. The third-order valence-corrected chi connectivity index (χ3v) is 5.18. The molecule has 24 heavy (non-hydrogen) atoms. The predicted molar refractivity (Wildman–Crippen MR) is 85.2 cm³/mol. The van der Waals surface area contributed by atoms with Crippen LogP contribution in [0.25, 0.3) is 0 Å². The van der Waals surface area contributed by atoms with Crippen molar-refractivity contribution in [1.29, 1.82) is 0 Å². The molecule has 126 valence electrons. The molecule has 0 radical (unpaired) electrons. The fourth-order valence-electron chi connectivity index (χ4n) is 3.71. The third-order valence-electron chi connectivity index (χ3n) is 5.18. The quantitative estimate of drug-likeness (QED) is 0.844. The first-order valence-corrected chi connectivity index (χ1v) is 8.21. The van der Waals surface area contributed by atoms with Crippen LogP contribution < -0.4 is 4.74 Å². The van der Waals surface area contributed by atoms with Gasteiger partial charge >= 0.3 is 5.97 Å². The van der Waals surface area contributed by atoms with Crippen LogP contribution in [0.5, 0.6) is 5.75 Å². The molecule has 0 spiro atoms. The molecule has 1 aliphatic carbocycles. The van der Waals surface area contributed by atoms with Gasteiger partial charge in [0.25, 0.3) is 0 Å². The predicted octanol–water partition coefficient (Wildman–Crippen LogP) is 2.10. The van der Waals surface area contributed by atoms with Gasteiger partial charge in [-0.15, -0.1) is 0 Å². The lowest BCUT2D eigenvalue weighted by Crippen LogP contribution is -2.52. The van der Waals surface area contributed by atoms with Crippen LogP contribution in [0.2, 0.25) is 0 Å². The van der Waals surface area contributed by atoms with Crippen LogP contribution in [0.4, 0.5) is 0 Å². The number of nitrogens with zero attached hydrogens (tertiary/aromatic N) is 3. The molecule has 7 nitrogen and oxygen atoms in total. The van der Waals surface area contributed by atoms with Crippen LogP contribution in [0.3, 0.4) is 0 Å². The molecule has 0 aromatic carbocycles. The fraction of sp³-hybridized carbons (Fsp3) is 0.471. The van der Waals surface area contributed by atoms with Gasteiger partial charge in [-0.2, -0.15) is 5.10 Å². The Bertz CT molecular complexity index is 740. The lowest BCUT2D eigenvalue weighted by Gasteiger charge is -2.48. The maximum absolute atomic E-state index is 11.2. The zero-order chi connectivity index (χ0) is 16.6. The molecule has 1 aliphatic heterocycles.